The van der Waals surface area contributed by atoms with Gasteiger partial charge < -0.3 is 0 Å². The maximum Gasteiger partial charge on any atom is 0.0164 e. The fourth-order valence-corrected chi connectivity index (χ4v) is 4.52. The van der Waals surface area contributed by atoms with E-state index in [2.05, 4.69) is 30.0 Å². The Kier molecular flexibility index (Phi) is 1.84. The average molecular weight is 210 g/mol. The molecule has 0 aromatic carbocycles. The van der Waals surface area contributed by atoms with E-state index in [1.54, 1.807) is 5.57 Å². The zero-order valence-corrected chi connectivity index (χ0v) is 9.65. The topological polar surface area (TPSA) is 0 Å². The molecule has 4 fully saturated rings. The SMILES string of the molecule is C(=C1C=CC=C1)=C1C2CC3CC(C2)CC1C3. The Labute approximate surface area is 97.4 Å². The van der Waals surface area contributed by atoms with Crippen molar-refractivity contribution < 1.29 is 0 Å². The molecule has 0 heterocycles. The highest BCUT2D eigenvalue weighted by atomic mass is 14.5. The van der Waals surface area contributed by atoms with Gasteiger partial charge in [0.25, 0.3) is 0 Å². The van der Waals surface area contributed by atoms with Crippen molar-refractivity contribution >= 4 is 0 Å². The van der Waals surface area contributed by atoms with Crippen molar-refractivity contribution in [2.75, 3.05) is 0 Å². The minimum Gasteiger partial charge on any atom is -0.113 e. The van der Waals surface area contributed by atoms with Crippen LogP contribution in [0.25, 0.3) is 0 Å². The Bertz CT molecular complexity index is 397. The third kappa shape index (κ3) is 1.30. The van der Waals surface area contributed by atoms with Gasteiger partial charge in [0.2, 0.25) is 0 Å². The molecule has 16 heavy (non-hydrogen) atoms. The largest absolute Gasteiger partial charge is 0.113 e. The smallest absolute Gasteiger partial charge is 0.0164 e. The molecule has 0 nitrogen and oxygen atoms in total. The minimum atomic E-state index is 0.895. The molecule has 4 saturated carbocycles. The fourth-order valence-electron chi connectivity index (χ4n) is 4.52. The minimum absolute atomic E-state index is 0.895. The number of hydrogen-bond acceptors (Lipinski definition) is 0. The van der Waals surface area contributed by atoms with Gasteiger partial charge in [-0.25, -0.2) is 0 Å². The molecule has 0 radical (unpaired) electrons. The second-order valence-electron chi connectivity index (χ2n) is 6.06. The Morgan fingerprint density at radius 1 is 0.812 bits per heavy atom. The summed E-state index contributed by atoms with van der Waals surface area (Å²) in [5.41, 5.74) is 6.71. The number of rotatable bonds is 0. The van der Waals surface area contributed by atoms with E-state index >= 15 is 0 Å². The Morgan fingerprint density at radius 2 is 1.38 bits per heavy atom. The van der Waals surface area contributed by atoms with Crippen molar-refractivity contribution in [2.24, 2.45) is 23.7 Å². The van der Waals surface area contributed by atoms with E-state index in [0.29, 0.717) is 0 Å². The molecule has 82 valence electrons. The van der Waals surface area contributed by atoms with Gasteiger partial charge in [-0.2, -0.15) is 0 Å². The first-order chi connectivity index (χ1) is 7.88. The van der Waals surface area contributed by atoms with E-state index in [-0.39, 0.29) is 0 Å². The molecule has 0 aromatic rings. The van der Waals surface area contributed by atoms with Crippen LogP contribution in [0.15, 0.2) is 41.2 Å². The first-order valence-corrected chi connectivity index (χ1v) is 6.74. The predicted molar refractivity (Wildman–Crippen MR) is 65.9 cm³/mol. The average Bonchev–Trinajstić information content (AvgIpc) is 2.75. The highest BCUT2D eigenvalue weighted by Crippen LogP contribution is 2.56. The van der Waals surface area contributed by atoms with Crippen molar-refractivity contribution in [3.05, 3.63) is 41.2 Å². The molecule has 4 bridgehead atoms. The highest BCUT2D eigenvalue weighted by Gasteiger charge is 2.45. The molecule has 5 aliphatic rings. The summed E-state index contributed by atoms with van der Waals surface area (Å²) in [4.78, 5) is 0. The van der Waals surface area contributed by atoms with Crippen molar-refractivity contribution in [3.8, 4) is 0 Å². The monoisotopic (exact) mass is 210 g/mol. The van der Waals surface area contributed by atoms with Gasteiger partial charge in [-0.1, -0.05) is 12.2 Å². The van der Waals surface area contributed by atoms with Gasteiger partial charge >= 0.3 is 0 Å². The van der Waals surface area contributed by atoms with Crippen LogP contribution in [0.2, 0.25) is 0 Å². The van der Waals surface area contributed by atoms with Crippen LogP contribution in [0, 0.1) is 23.7 Å². The van der Waals surface area contributed by atoms with E-state index < -0.39 is 0 Å². The summed E-state index contributed by atoms with van der Waals surface area (Å²) >= 11 is 0. The molecule has 0 heteroatoms. The zero-order chi connectivity index (χ0) is 10.5. The Hall–Kier alpha value is -1.00. The lowest BCUT2D eigenvalue weighted by Crippen LogP contribution is -2.40. The summed E-state index contributed by atoms with van der Waals surface area (Å²) in [6.07, 6.45) is 16.0. The maximum atomic E-state index is 3.72. The van der Waals surface area contributed by atoms with Gasteiger partial charge in [0.05, 0.1) is 0 Å². The third-order valence-corrected chi connectivity index (χ3v) is 4.97. The van der Waals surface area contributed by atoms with Gasteiger partial charge in [-0.3, -0.25) is 0 Å². The molecule has 0 atom stereocenters. The lowest BCUT2D eigenvalue weighted by atomic mass is 9.54. The van der Waals surface area contributed by atoms with Crippen LogP contribution in [0.5, 0.6) is 0 Å². The first-order valence-electron chi connectivity index (χ1n) is 6.74. The van der Waals surface area contributed by atoms with Gasteiger partial charge in [-0.15, -0.1) is 5.73 Å². The highest BCUT2D eigenvalue weighted by molar-refractivity contribution is 5.41. The van der Waals surface area contributed by atoms with Gasteiger partial charge in [0.15, 0.2) is 0 Å². The van der Waals surface area contributed by atoms with Gasteiger partial charge in [-0.05, 0) is 73.5 Å². The van der Waals surface area contributed by atoms with Gasteiger partial charge in [0.1, 0.15) is 0 Å². The van der Waals surface area contributed by atoms with Crippen LogP contribution in [0.3, 0.4) is 0 Å². The number of allylic oxidation sites excluding steroid dienone is 5. The molecular formula is C16H18. The van der Waals surface area contributed by atoms with Crippen LogP contribution >= 0.6 is 0 Å². The molecule has 0 aromatic heterocycles. The first kappa shape index (κ1) is 9.07. The standard InChI is InChI=1S/C16H18/c1-2-4-11(3-1)10-16-14-6-12-5-13(8-14)9-15(16)7-12/h1-4,12-15H,5-9H2. The second kappa shape index (κ2) is 3.25. The van der Waals surface area contributed by atoms with Crippen LogP contribution in [0.4, 0.5) is 0 Å². The van der Waals surface area contributed by atoms with E-state index in [1.807, 2.05) is 0 Å². The maximum absolute atomic E-state index is 3.72. The van der Waals surface area contributed by atoms with Crippen molar-refractivity contribution in [1.29, 1.82) is 0 Å². The van der Waals surface area contributed by atoms with Crippen molar-refractivity contribution in [2.45, 2.75) is 32.1 Å². The molecule has 0 amide bonds. The molecule has 5 rings (SSSR count). The predicted octanol–water partition coefficient (Wildman–Crippen LogP) is 4.02. The molecule has 0 unspecified atom stereocenters. The van der Waals surface area contributed by atoms with Crippen LogP contribution in [-0.4, -0.2) is 0 Å². The Morgan fingerprint density at radius 3 is 1.94 bits per heavy atom. The summed E-state index contributed by atoms with van der Waals surface area (Å²) in [6, 6.07) is 0. The lowest BCUT2D eigenvalue weighted by Gasteiger charge is -2.50. The molecule has 0 spiro atoms. The van der Waals surface area contributed by atoms with E-state index in [1.165, 1.54) is 37.7 Å². The van der Waals surface area contributed by atoms with E-state index in [0.717, 1.165) is 23.7 Å². The fraction of sp³-hybridized carbons (Fsp3) is 0.562. The van der Waals surface area contributed by atoms with Gasteiger partial charge in [0, 0.05) is 5.57 Å². The van der Waals surface area contributed by atoms with Crippen molar-refractivity contribution in [1.82, 2.24) is 0 Å². The summed E-state index contributed by atoms with van der Waals surface area (Å²) in [6.45, 7) is 0. The normalized spacial score (nSPS) is 43.2. The molecule has 0 aliphatic heterocycles. The quantitative estimate of drug-likeness (QED) is 0.530. The second-order valence-corrected chi connectivity index (χ2v) is 6.06. The van der Waals surface area contributed by atoms with Crippen LogP contribution in [0.1, 0.15) is 32.1 Å². The summed E-state index contributed by atoms with van der Waals surface area (Å²) in [5.74, 6) is 3.91. The zero-order valence-electron chi connectivity index (χ0n) is 9.65. The molecule has 0 N–H and O–H groups in total. The van der Waals surface area contributed by atoms with Crippen molar-refractivity contribution in [3.63, 3.8) is 0 Å². The van der Waals surface area contributed by atoms with Crippen LogP contribution < -0.4 is 0 Å². The lowest BCUT2D eigenvalue weighted by molar-refractivity contribution is 0.0700. The summed E-state index contributed by atoms with van der Waals surface area (Å²) in [5, 5.41) is 0. The summed E-state index contributed by atoms with van der Waals surface area (Å²) in [7, 11) is 0. The van der Waals surface area contributed by atoms with E-state index in [9.17, 15) is 0 Å². The third-order valence-electron chi connectivity index (χ3n) is 4.97. The van der Waals surface area contributed by atoms with Crippen LogP contribution in [-0.2, 0) is 0 Å². The molecule has 0 saturated heterocycles. The molecule has 5 aliphatic carbocycles. The Balaban J connectivity index is 1.77. The summed E-state index contributed by atoms with van der Waals surface area (Å²) < 4.78 is 0. The van der Waals surface area contributed by atoms with E-state index in [4.69, 9.17) is 0 Å². The molecular weight excluding hydrogens is 192 g/mol. The number of hydrogen-bond donors (Lipinski definition) is 0.